The Bertz CT molecular complexity index is 370. The molecule has 0 aliphatic carbocycles. The van der Waals surface area contributed by atoms with E-state index in [-0.39, 0.29) is 11.7 Å². The standard InChI is InChI=1S/C13H22I2N2O4/c1-13(2,3)11(19)9(17-12(20)21-15)6-4-5-7-16-10(18)8-14/h9H,4-8H2,1-3H3,(H,16,18)(H,17,20)/t9-/m0/s1. The van der Waals surface area contributed by atoms with Crippen LogP contribution in [-0.4, -0.2) is 34.8 Å². The fourth-order valence-corrected chi connectivity index (χ4v) is 2.10. The van der Waals surface area contributed by atoms with Crippen molar-refractivity contribution >= 4 is 63.4 Å². The highest BCUT2D eigenvalue weighted by molar-refractivity contribution is 14.1. The van der Waals surface area contributed by atoms with Crippen LogP contribution < -0.4 is 10.6 Å². The van der Waals surface area contributed by atoms with E-state index in [4.69, 9.17) is 0 Å². The Morgan fingerprint density at radius 2 is 1.81 bits per heavy atom. The van der Waals surface area contributed by atoms with Crippen molar-refractivity contribution < 1.29 is 17.4 Å². The molecule has 0 spiro atoms. The Kier molecular flexibility index (Phi) is 10.5. The molecule has 1 atom stereocenters. The third kappa shape index (κ3) is 9.48. The first kappa shape index (κ1) is 20.9. The Labute approximate surface area is 153 Å². The summed E-state index contributed by atoms with van der Waals surface area (Å²) in [5.74, 6) is -0.0230. The SMILES string of the molecule is CC(C)(C)C(=O)[C@H](CCCCNC(=O)CI)NC(=O)OI. The molecule has 2 amide bonds. The van der Waals surface area contributed by atoms with Crippen LogP contribution in [-0.2, 0) is 12.7 Å². The number of nitrogens with one attached hydrogen (secondary N) is 2. The maximum absolute atomic E-state index is 12.3. The third-order valence-electron chi connectivity index (χ3n) is 2.78. The number of unbranched alkanes of at least 4 members (excludes halogenated alkanes) is 1. The monoisotopic (exact) mass is 524 g/mol. The van der Waals surface area contributed by atoms with Gasteiger partial charge in [0.05, 0.1) is 10.5 Å². The van der Waals surface area contributed by atoms with Gasteiger partial charge >= 0.3 is 6.09 Å². The summed E-state index contributed by atoms with van der Waals surface area (Å²) in [4.78, 5) is 34.7. The van der Waals surface area contributed by atoms with Gasteiger partial charge in [0.1, 0.15) is 0 Å². The Morgan fingerprint density at radius 3 is 2.29 bits per heavy atom. The van der Waals surface area contributed by atoms with Gasteiger partial charge in [0.2, 0.25) is 5.91 Å². The lowest BCUT2D eigenvalue weighted by atomic mass is 9.85. The molecular weight excluding hydrogens is 502 g/mol. The van der Waals surface area contributed by atoms with E-state index in [2.05, 4.69) is 13.7 Å². The summed E-state index contributed by atoms with van der Waals surface area (Å²) < 4.78 is 4.96. The van der Waals surface area contributed by atoms with Crippen molar-refractivity contribution in [2.24, 2.45) is 5.41 Å². The molecule has 0 unspecified atom stereocenters. The van der Waals surface area contributed by atoms with E-state index in [1.54, 1.807) is 0 Å². The Hall–Kier alpha value is -0.130. The molecule has 0 aromatic rings. The summed E-state index contributed by atoms with van der Waals surface area (Å²) >= 11 is 3.48. The zero-order valence-electron chi connectivity index (χ0n) is 12.5. The fraction of sp³-hybridized carbons (Fsp3) is 0.769. The van der Waals surface area contributed by atoms with Crippen LogP contribution in [0.2, 0.25) is 0 Å². The fourth-order valence-electron chi connectivity index (χ4n) is 1.70. The van der Waals surface area contributed by atoms with Crippen LogP contribution in [0, 0.1) is 5.41 Å². The Balaban J connectivity index is 4.32. The highest BCUT2D eigenvalue weighted by Gasteiger charge is 2.30. The number of carbonyl (C=O) groups excluding carboxylic acids is 3. The van der Waals surface area contributed by atoms with E-state index in [9.17, 15) is 14.4 Å². The van der Waals surface area contributed by atoms with Gasteiger partial charge in [-0.05, 0) is 19.3 Å². The number of alkyl halides is 1. The molecular formula is C13H22I2N2O4. The van der Waals surface area contributed by atoms with Gasteiger partial charge in [0.15, 0.2) is 28.8 Å². The average Bonchev–Trinajstić information content (AvgIpc) is 2.43. The molecule has 0 heterocycles. The average molecular weight is 524 g/mol. The summed E-state index contributed by atoms with van der Waals surface area (Å²) in [5.41, 5.74) is -0.529. The molecule has 0 bridgehead atoms. The second-order valence-corrected chi connectivity index (χ2v) is 6.86. The smallest absolute Gasteiger partial charge is 0.378 e. The number of halogens is 2. The molecule has 8 heteroatoms. The summed E-state index contributed by atoms with van der Waals surface area (Å²) in [7, 11) is 0. The first-order chi connectivity index (χ1) is 9.72. The number of ketones is 1. The Morgan fingerprint density at radius 1 is 1.19 bits per heavy atom. The van der Waals surface area contributed by atoms with Gasteiger partial charge in [0, 0.05) is 12.0 Å². The number of hydrogen-bond acceptors (Lipinski definition) is 4. The molecule has 0 aromatic heterocycles. The topological polar surface area (TPSA) is 84.5 Å². The second-order valence-electron chi connectivity index (χ2n) is 5.66. The quantitative estimate of drug-likeness (QED) is 0.291. The molecule has 21 heavy (non-hydrogen) atoms. The predicted molar refractivity (Wildman–Crippen MR) is 97.6 cm³/mol. The minimum absolute atomic E-state index is 0.00420. The zero-order valence-corrected chi connectivity index (χ0v) is 16.8. The van der Waals surface area contributed by atoms with Crippen molar-refractivity contribution in [1.82, 2.24) is 10.6 Å². The highest BCUT2D eigenvalue weighted by Crippen LogP contribution is 2.19. The van der Waals surface area contributed by atoms with Crippen LogP contribution >= 0.6 is 45.6 Å². The third-order valence-corrected chi connectivity index (χ3v) is 3.87. The number of amides is 2. The van der Waals surface area contributed by atoms with E-state index in [0.717, 1.165) is 12.8 Å². The zero-order chi connectivity index (χ0) is 16.5. The molecule has 0 aliphatic rings. The lowest BCUT2D eigenvalue weighted by Gasteiger charge is -2.24. The number of rotatable bonds is 8. The molecule has 0 saturated heterocycles. The van der Waals surface area contributed by atoms with Crippen molar-refractivity contribution in [3.8, 4) is 0 Å². The largest absolute Gasteiger partial charge is 0.417 e. The number of Topliss-reactive ketones (excluding diaryl/α,β-unsaturated/α-hetero) is 1. The molecule has 0 aliphatic heterocycles. The molecule has 0 saturated carbocycles. The van der Waals surface area contributed by atoms with Crippen LogP contribution in [0.15, 0.2) is 0 Å². The van der Waals surface area contributed by atoms with E-state index >= 15 is 0 Å². The maximum Gasteiger partial charge on any atom is 0.417 e. The summed E-state index contributed by atoms with van der Waals surface area (Å²) in [6.45, 7) is 6.04. The summed E-state index contributed by atoms with van der Waals surface area (Å²) in [5, 5.41) is 5.35. The van der Waals surface area contributed by atoms with Gasteiger partial charge in [-0.2, -0.15) is 0 Å². The van der Waals surface area contributed by atoms with E-state index in [0.29, 0.717) is 17.4 Å². The van der Waals surface area contributed by atoms with Crippen molar-refractivity contribution in [3.05, 3.63) is 0 Å². The van der Waals surface area contributed by atoms with E-state index in [1.165, 1.54) is 23.0 Å². The minimum Gasteiger partial charge on any atom is -0.378 e. The van der Waals surface area contributed by atoms with Crippen LogP contribution in [0.1, 0.15) is 40.0 Å². The van der Waals surface area contributed by atoms with Crippen LogP contribution in [0.5, 0.6) is 0 Å². The van der Waals surface area contributed by atoms with Gasteiger partial charge in [0.25, 0.3) is 0 Å². The van der Waals surface area contributed by atoms with Gasteiger partial charge in [-0.25, -0.2) is 4.79 Å². The minimum atomic E-state index is -0.614. The lowest BCUT2D eigenvalue weighted by molar-refractivity contribution is -0.128. The van der Waals surface area contributed by atoms with Crippen molar-refractivity contribution in [2.75, 3.05) is 11.0 Å². The first-order valence-corrected chi connectivity index (χ1v) is 9.09. The van der Waals surface area contributed by atoms with Crippen molar-refractivity contribution in [3.63, 3.8) is 0 Å². The molecule has 0 fully saturated rings. The molecule has 6 nitrogen and oxygen atoms in total. The van der Waals surface area contributed by atoms with Crippen molar-refractivity contribution in [2.45, 2.75) is 46.1 Å². The molecule has 2 N–H and O–H groups in total. The highest BCUT2D eigenvalue weighted by atomic mass is 127. The van der Waals surface area contributed by atoms with Gasteiger partial charge in [-0.1, -0.05) is 43.4 Å². The molecule has 0 radical (unpaired) electrons. The van der Waals surface area contributed by atoms with Crippen LogP contribution in [0.3, 0.4) is 0 Å². The van der Waals surface area contributed by atoms with E-state index < -0.39 is 17.6 Å². The summed E-state index contributed by atoms with van der Waals surface area (Å²) in [6, 6.07) is -0.562. The number of hydrogen-bond donors (Lipinski definition) is 2. The molecule has 122 valence electrons. The lowest BCUT2D eigenvalue weighted by Crippen LogP contribution is -2.45. The predicted octanol–water partition coefficient (Wildman–Crippen LogP) is 2.77. The molecule has 0 aromatic carbocycles. The molecule has 0 rings (SSSR count). The van der Waals surface area contributed by atoms with Crippen LogP contribution in [0.25, 0.3) is 0 Å². The normalized spacial score (nSPS) is 12.4. The second kappa shape index (κ2) is 10.6. The first-order valence-electron chi connectivity index (χ1n) is 6.68. The summed E-state index contributed by atoms with van der Waals surface area (Å²) in [6.07, 6.45) is 1.41. The van der Waals surface area contributed by atoms with E-state index in [1.807, 2.05) is 43.4 Å². The van der Waals surface area contributed by atoms with Crippen LogP contribution in [0.4, 0.5) is 4.79 Å². The maximum atomic E-state index is 12.3. The number of carbonyl (C=O) groups is 3. The van der Waals surface area contributed by atoms with Crippen molar-refractivity contribution in [1.29, 1.82) is 0 Å². The van der Waals surface area contributed by atoms with Gasteiger partial charge < -0.3 is 13.7 Å². The van der Waals surface area contributed by atoms with Gasteiger partial charge in [-0.3, -0.25) is 9.59 Å². The van der Waals surface area contributed by atoms with Gasteiger partial charge in [-0.15, -0.1) is 0 Å².